The van der Waals surface area contributed by atoms with Gasteiger partial charge in [-0.25, -0.2) is 0 Å². The number of rotatable bonds is 7. The van der Waals surface area contributed by atoms with E-state index in [0.717, 1.165) is 0 Å². The molecule has 0 radical (unpaired) electrons. The zero-order chi connectivity index (χ0) is 16.0. The third-order valence-electron chi connectivity index (χ3n) is 3.63. The Balaban J connectivity index is 2.64. The summed E-state index contributed by atoms with van der Waals surface area (Å²) in [4.78, 5) is 45.1. The van der Waals surface area contributed by atoms with Gasteiger partial charge in [-0.05, 0) is 19.3 Å². The van der Waals surface area contributed by atoms with Crippen LogP contribution in [-0.2, 0) is 23.9 Å². The number of nitrogens with two attached hydrogens (primary N) is 1. The highest BCUT2D eigenvalue weighted by Crippen LogP contribution is 2.25. The first-order valence-corrected chi connectivity index (χ1v) is 7.05. The maximum atomic E-state index is 12.3. The fourth-order valence-corrected chi connectivity index (χ4v) is 2.47. The molecule has 0 aromatic carbocycles. The Morgan fingerprint density at radius 2 is 2.14 bits per heavy atom. The van der Waals surface area contributed by atoms with Crippen molar-refractivity contribution in [2.75, 3.05) is 0 Å². The van der Waals surface area contributed by atoms with Gasteiger partial charge < -0.3 is 15.3 Å². The van der Waals surface area contributed by atoms with E-state index in [0.29, 0.717) is 19.1 Å². The van der Waals surface area contributed by atoms with Crippen molar-refractivity contribution in [1.82, 2.24) is 5.32 Å². The second-order valence-electron chi connectivity index (χ2n) is 5.45. The molecule has 0 heterocycles. The average molecular weight is 298 g/mol. The van der Waals surface area contributed by atoms with Gasteiger partial charge in [0.2, 0.25) is 5.91 Å². The first-order chi connectivity index (χ1) is 9.85. The molecule has 0 saturated heterocycles. The van der Waals surface area contributed by atoms with Crippen LogP contribution < -0.4 is 11.1 Å². The Hall–Kier alpha value is -1.76. The number of ether oxygens (including phenoxy) is 1. The minimum absolute atomic E-state index is 0.0419. The molecular weight excluding hydrogens is 276 g/mol. The summed E-state index contributed by atoms with van der Waals surface area (Å²) in [7, 11) is 0. The highest BCUT2D eigenvalue weighted by molar-refractivity contribution is 5.91. The number of primary amides is 1. The molecule has 21 heavy (non-hydrogen) atoms. The summed E-state index contributed by atoms with van der Waals surface area (Å²) in [5.41, 5.74) is 5.04. The van der Waals surface area contributed by atoms with E-state index >= 15 is 0 Å². The average Bonchev–Trinajstić information content (AvgIpc) is 2.41. The van der Waals surface area contributed by atoms with Crippen LogP contribution in [0.25, 0.3) is 0 Å². The number of amides is 1. The van der Waals surface area contributed by atoms with E-state index in [2.05, 4.69) is 5.32 Å². The van der Waals surface area contributed by atoms with E-state index in [1.807, 2.05) is 6.92 Å². The molecule has 0 aromatic rings. The van der Waals surface area contributed by atoms with Crippen LogP contribution in [0.3, 0.4) is 0 Å². The number of carbonyl (C=O) groups is 4. The van der Waals surface area contributed by atoms with E-state index in [4.69, 9.17) is 10.5 Å². The molecule has 0 bridgehead atoms. The molecule has 1 aliphatic carbocycles. The number of aldehydes is 1. The van der Waals surface area contributed by atoms with Gasteiger partial charge in [0.25, 0.3) is 0 Å². The minimum Gasteiger partial charge on any atom is -0.454 e. The summed E-state index contributed by atoms with van der Waals surface area (Å²) in [5, 5.41) is 2.92. The number of hydrogen-bond acceptors (Lipinski definition) is 6. The predicted octanol–water partition coefficient (Wildman–Crippen LogP) is -0.292. The van der Waals surface area contributed by atoms with Gasteiger partial charge in [-0.15, -0.1) is 0 Å². The van der Waals surface area contributed by atoms with Gasteiger partial charge >= 0.3 is 5.97 Å². The summed E-state index contributed by atoms with van der Waals surface area (Å²) in [6, 6.07) is -1.16. The molecule has 1 amide bonds. The van der Waals surface area contributed by atoms with E-state index in [-0.39, 0.29) is 24.5 Å². The van der Waals surface area contributed by atoms with Crippen molar-refractivity contribution >= 4 is 23.9 Å². The fraction of sp³-hybridized carbons (Fsp3) is 0.714. The van der Waals surface area contributed by atoms with Crippen molar-refractivity contribution in [3.05, 3.63) is 0 Å². The van der Waals surface area contributed by atoms with E-state index in [1.54, 1.807) is 0 Å². The molecule has 4 atom stereocenters. The number of hydrogen-bond donors (Lipinski definition) is 2. The molecule has 1 saturated carbocycles. The quantitative estimate of drug-likeness (QED) is 0.493. The van der Waals surface area contributed by atoms with Crippen molar-refractivity contribution in [3.8, 4) is 0 Å². The zero-order valence-electron chi connectivity index (χ0n) is 12.3. The van der Waals surface area contributed by atoms with Crippen LogP contribution in [0, 0.1) is 5.92 Å². The van der Waals surface area contributed by atoms with Gasteiger partial charge in [-0.3, -0.25) is 19.7 Å². The molecule has 0 aromatic heterocycles. The second kappa shape index (κ2) is 7.87. The summed E-state index contributed by atoms with van der Waals surface area (Å²) < 4.78 is 5.07. The minimum atomic E-state index is -0.780. The molecule has 3 N–H and O–H groups in total. The van der Waals surface area contributed by atoms with Crippen molar-refractivity contribution < 1.29 is 23.9 Å². The lowest BCUT2D eigenvalue weighted by atomic mass is 9.83. The number of carbonyl (C=O) groups excluding carboxylic acids is 4. The Kier molecular flexibility index (Phi) is 6.48. The Bertz CT molecular complexity index is 424. The number of esters is 1. The molecule has 1 rings (SSSR count). The Morgan fingerprint density at radius 1 is 1.48 bits per heavy atom. The predicted molar refractivity (Wildman–Crippen MR) is 74.2 cm³/mol. The SMILES string of the molecule is CC(=O)OC1C(=O)C(N[C@@H](C=O)CCC(N)=O)CCC1C. The molecule has 1 fully saturated rings. The molecule has 3 unspecified atom stereocenters. The molecule has 7 heteroatoms. The normalized spacial score (nSPS) is 27.0. The van der Waals surface area contributed by atoms with Gasteiger partial charge in [0.1, 0.15) is 6.29 Å². The number of Topliss-reactive ketones (excluding diaryl/α,β-unsaturated/α-hetero) is 1. The second-order valence-corrected chi connectivity index (χ2v) is 5.45. The standard InChI is InChI=1S/C14H22N2O5/c1-8-3-5-11(13(20)14(8)21-9(2)18)16-10(7-17)4-6-12(15)19/h7-8,10-11,14,16H,3-6H2,1-2H3,(H2,15,19)/t8?,10-,11?,14?/m1/s1. The maximum absolute atomic E-state index is 12.3. The smallest absolute Gasteiger partial charge is 0.303 e. The molecule has 1 aliphatic rings. The lowest BCUT2D eigenvalue weighted by Crippen LogP contribution is -2.53. The summed E-state index contributed by atoms with van der Waals surface area (Å²) in [5.74, 6) is -1.26. The van der Waals surface area contributed by atoms with Gasteiger partial charge in [-0.1, -0.05) is 6.92 Å². The lowest BCUT2D eigenvalue weighted by Gasteiger charge is -2.33. The van der Waals surface area contributed by atoms with Crippen molar-refractivity contribution in [2.45, 2.75) is 57.7 Å². The van der Waals surface area contributed by atoms with Crippen LogP contribution in [0.15, 0.2) is 0 Å². The first kappa shape index (κ1) is 17.3. The van der Waals surface area contributed by atoms with Crippen molar-refractivity contribution in [2.24, 2.45) is 11.7 Å². The van der Waals surface area contributed by atoms with Gasteiger partial charge in [0.15, 0.2) is 11.9 Å². The van der Waals surface area contributed by atoms with Crippen molar-refractivity contribution in [1.29, 1.82) is 0 Å². The van der Waals surface area contributed by atoms with Crippen LogP contribution in [0.2, 0.25) is 0 Å². The van der Waals surface area contributed by atoms with Gasteiger partial charge in [0, 0.05) is 19.3 Å². The van der Waals surface area contributed by atoms with Crippen molar-refractivity contribution in [3.63, 3.8) is 0 Å². The monoisotopic (exact) mass is 298 g/mol. The van der Waals surface area contributed by atoms with Crippen LogP contribution in [0.4, 0.5) is 0 Å². The molecule has 0 aliphatic heterocycles. The lowest BCUT2D eigenvalue weighted by molar-refractivity contribution is -0.159. The van der Waals surface area contributed by atoms with Crippen LogP contribution in [-0.4, -0.2) is 42.1 Å². The fourth-order valence-electron chi connectivity index (χ4n) is 2.47. The number of ketones is 1. The highest BCUT2D eigenvalue weighted by Gasteiger charge is 2.38. The van der Waals surface area contributed by atoms with E-state index < -0.39 is 30.1 Å². The van der Waals surface area contributed by atoms with Crippen LogP contribution in [0.1, 0.15) is 39.5 Å². The Morgan fingerprint density at radius 3 is 2.67 bits per heavy atom. The van der Waals surface area contributed by atoms with E-state index in [9.17, 15) is 19.2 Å². The van der Waals surface area contributed by atoms with Crippen LogP contribution >= 0.6 is 0 Å². The van der Waals surface area contributed by atoms with Gasteiger partial charge in [-0.2, -0.15) is 0 Å². The molecule has 0 spiro atoms. The summed E-state index contributed by atoms with van der Waals surface area (Å²) >= 11 is 0. The summed E-state index contributed by atoms with van der Waals surface area (Å²) in [6.07, 6.45) is 1.48. The zero-order valence-corrected chi connectivity index (χ0v) is 12.3. The maximum Gasteiger partial charge on any atom is 0.303 e. The van der Waals surface area contributed by atoms with Gasteiger partial charge in [0.05, 0.1) is 12.1 Å². The highest BCUT2D eigenvalue weighted by atomic mass is 16.5. The molecule has 118 valence electrons. The van der Waals surface area contributed by atoms with Crippen LogP contribution in [0.5, 0.6) is 0 Å². The third-order valence-corrected chi connectivity index (χ3v) is 3.63. The first-order valence-electron chi connectivity index (χ1n) is 7.05. The van der Waals surface area contributed by atoms with E-state index in [1.165, 1.54) is 6.92 Å². The largest absolute Gasteiger partial charge is 0.454 e. The summed E-state index contributed by atoms with van der Waals surface area (Å²) in [6.45, 7) is 3.12. The molecule has 7 nitrogen and oxygen atoms in total. The topological polar surface area (TPSA) is 116 Å². The third kappa shape index (κ3) is 5.26. The Labute approximate surface area is 123 Å². The molecular formula is C14H22N2O5. The number of nitrogens with one attached hydrogen (secondary N) is 1.